The maximum Gasteiger partial charge on any atom is 0.147 e. The number of rotatable bonds is 4. The summed E-state index contributed by atoms with van der Waals surface area (Å²) < 4.78 is 16.1. The summed E-state index contributed by atoms with van der Waals surface area (Å²) in [5.41, 5.74) is 0. The first-order chi connectivity index (χ1) is 7.77. The van der Waals surface area contributed by atoms with Crippen LogP contribution in [-0.2, 0) is 9.47 Å². The molecule has 1 fully saturated rings. The Morgan fingerprint density at radius 3 is 3.06 bits per heavy atom. The molecule has 1 aromatic rings. The van der Waals surface area contributed by atoms with Gasteiger partial charge in [-0.25, -0.2) is 0 Å². The number of likely N-dealkylation sites (N-methyl/N-ethyl adjacent to an activating group) is 1. The summed E-state index contributed by atoms with van der Waals surface area (Å²) in [6.45, 7) is 4.27. The third kappa shape index (κ3) is 2.84. The molecule has 2 rings (SSSR count). The van der Waals surface area contributed by atoms with Gasteiger partial charge < -0.3 is 13.9 Å². The predicted molar refractivity (Wildman–Crippen MR) is 60.1 cm³/mol. The fraction of sp³-hybridized carbons (Fsp3) is 0.667. The number of hydrogen-bond donors (Lipinski definition) is 0. The fourth-order valence-corrected chi connectivity index (χ4v) is 1.87. The Morgan fingerprint density at radius 2 is 2.44 bits per heavy atom. The fourth-order valence-electron chi connectivity index (χ4n) is 1.87. The molecule has 4 nitrogen and oxygen atoms in total. The van der Waals surface area contributed by atoms with Crippen molar-refractivity contribution < 1.29 is 13.9 Å². The van der Waals surface area contributed by atoms with Crippen LogP contribution < -0.4 is 0 Å². The van der Waals surface area contributed by atoms with Crippen LogP contribution in [0.1, 0.15) is 25.1 Å². The smallest absolute Gasteiger partial charge is 0.147 e. The molecule has 1 aromatic heterocycles. The van der Waals surface area contributed by atoms with Crippen LogP contribution in [-0.4, -0.2) is 38.0 Å². The molecular weight excluding hydrogens is 206 g/mol. The van der Waals surface area contributed by atoms with Gasteiger partial charge in [0.1, 0.15) is 12.6 Å². The van der Waals surface area contributed by atoms with Crippen LogP contribution in [0.2, 0.25) is 0 Å². The minimum absolute atomic E-state index is 0.274. The Bertz CT molecular complexity index is 293. The lowest BCUT2D eigenvalue weighted by Crippen LogP contribution is -2.36. The average Bonchev–Trinajstić information content (AvgIpc) is 2.83. The summed E-state index contributed by atoms with van der Waals surface area (Å²) in [7, 11) is 2.09. The number of nitrogens with zero attached hydrogens (tertiary/aromatic N) is 1. The van der Waals surface area contributed by atoms with Gasteiger partial charge in [-0.05, 0) is 32.5 Å². The summed E-state index contributed by atoms with van der Waals surface area (Å²) in [4.78, 5) is 2.24. The van der Waals surface area contributed by atoms with Crippen LogP contribution in [0.5, 0.6) is 0 Å². The molecular formula is C12H19NO3. The number of ether oxygens (including phenoxy) is 2. The molecule has 0 unspecified atom stereocenters. The lowest BCUT2D eigenvalue weighted by atomic mass is 10.2. The van der Waals surface area contributed by atoms with E-state index in [-0.39, 0.29) is 12.1 Å². The molecule has 0 bridgehead atoms. The van der Waals surface area contributed by atoms with Gasteiger partial charge in [-0.1, -0.05) is 0 Å². The van der Waals surface area contributed by atoms with Crippen LogP contribution in [0.15, 0.2) is 22.8 Å². The van der Waals surface area contributed by atoms with Crippen LogP contribution in [0.4, 0.5) is 0 Å². The first-order valence-corrected chi connectivity index (χ1v) is 5.70. The molecule has 1 aliphatic rings. The maximum atomic E-state index is 5.52. The van der Waals surface area contributed by atoms with E-state index >= 15 is 0 Å². The van der Waals surface area contributed by atoms with Crippen molar-refractivity contribution in [3.05, 3.63) is 24.2 Å². The maximum absolute atomic E-state index is 5.52. The molecule has 0 aliphatic carbocycles. The van der Waals surface area contributed by atoms with Crippen LogP contribution in [0.25, 0.3) is 0 Å². The number of hydrogen-bond acceptors (Lipinski definition) is 4. The van der Waals surface area contributed by atoms with E-state index in [2.05, 4.69) is 18.9 Å². The van der Waals surface area contributed by atoms with Crippen molar-refractivity contribution >= 4 is 0 Å². The van der Waals surface area contributed by atoms with Crippen LogP contribution in [0, 0.1) is 0 Å². The molecule has 1 aliphatic heterocycles. The molecule has 2 heterocycles. The van der Waals surface area contributed by atoms with E-state index in [1.165, 1.54) is 0 Å². The third-order valence-electron chi connectivity index (χ3n) is 3.08. The van der Waals surface area contributed by atoms with E-state index in [4.69, 9.17) is 13.9 Å². The topological polar surface area (TPSA) is 34.8 Å². The molecule has 90 valence electrons. The van der Waals surface area contributed by atoms with Gasteiger partial charge >= 0.3 is 0 Å². The third-order valence-corrected chi connectivity index (χ3v) is 3.08. The minimum Gasteiger partial charge on any atom is -0.468 e. The van der Waals surface area contributed by atoms with Crippen LogP contribution >= 0.6 is 0 Å². The zero-order chi connectivity index (χ0) is 11.4. The average molecular weight is 225 g/mol. The van der Waals surface area contributed by atoms with Gasteiger partial charge in [0.15, 0.2) is 0 Å². The van der Waals surface area contributed by atoms with Crippen molar-refractivity contribution in [1.29, 1.82) is 0 Å². The van der Waals surface area contributed by atoms with Gasteiger partial charge in [0, 0.05) is 6.54 Å². The lowest BCUT2D eigenvalue weighted by molar-refractivity contribution is -0.145. The highest BCUT2D eigenvalue weighted by Gasteiger charge is 2.20. The van der Waals surface area contributed by atoms with Crippen LogP contribution in [0.3, 0.4) is 0 Å². The highest BCUT2D eigenvalue weighted by atomic mass is 16.7. The molecule has 4 heteroatoms. The first kappa shape index (κ1) is 11.6. The summed E-state index contributed by atoms with van der Waals surface area (Å²) in [5.74, 6) is 0.995. The molecule has 0 radical (unpaired) electrons. The molecule has 0 N–H and O–H groups in total. The lowest BCUT2D eigenvalue weighted by Gasteiger charge is -2.30. The van der Waals surface area contributed by atoms with Gasteiger partial charge in [0.2, 0.25) is 0 Å². The van der Waals surface area contributed by atoms with Gasteiger partial charge in [-0.2, -0.15) is 0 Å². The highest BCUT2D eigenvalue weighted by Crippen LogP contribution is 2.20. The zero-order valence-electron chi connectivity index (χ0n) is 9.89. The first-order valence-electron chi connectivity index (χ1n) is 5.70. The molecule has 1 saturated heterocycles. The second kappa shape index (κ2) is 5.48. The minimum atomic E-state index is 0.274. The Balaban J connectivity index is 1.84. The van der Waals surface area contributed by atoms with Gasteiger partial charge in [0.05, 0.1) is 25.0 Å². The predicted octanol–water partition coefficient (Wildman–Crippen LogP) is 2.04. The van der Waals surface area contributed by atoms with E-state index in [1.807, 2.05) is 12.1 Å². The van der Waals surface area contributed by atoms with Gasteiger partial charge in [0.25, 0.3) is 0 Å². The van der Waals surface area contributed by atoms with Crippen molar-refractivity contribution in [3.63, 3.8) is 0 Å². The van der Waals surface area contributed by atoms with Crippen molar-refractivity contribution in [1.82, 2.24) is 4.90 Å². The normalized spacial score (nSPS) is 23.6. The summed E-state index contributed by atoms with van der Waals surface area (Å²) in [6, 6.07) is 4.21. The van der Waals surface area contributed by atoms with E-state index < -0.39 is 0 Å². The zero-order valence-corrected chi connectivity index (χ0v) is 9.89. The summed E-state index contributed by atoms with van der Waals surface area (Å²) in [6.07, 6.45) is 2.95. The quantitative estimate of drug-likeness (QED) is 0.785. The van der Waals surface area contributed by atoms with Crippen molar-refractivity contribution in [2.45, 2.75) is 25.5 Å². The molecule has 16 heavy (non-hydrogen) atoms. The Hall–Kier alpha value is -0.840. The summed E-state index contributed by atoms with van der Waals surface area (Å²) in [5, 5.41) is 0. The largest absolute Gasteiger partial charge is 0.468 e. The van der Waals surface area contributed by atoms with E-state index in [1.54, 1.807) is 6.26 Å². The van der Waals surface area contributed by atoms with Crippen molar-refractivity contribution in [3.8, 4) is 0 Å². The number of furan rings is 1. The molecule has 0 aromatic carbocycles. The van der Waals surface area contributed by atoms with Crippen molar-refractivity contribution in [2.24, 2.45) is 0 Å². The molecule has 2 atom stereocenters. The van der Waals surface area contributed by atoms with Gasteiger partial charge in [-0.3, -0.25) is 4.90 Å². The van der Waals surface area contributed by atoms with E-state index in [0.29, 0.717) is 6.79 Å². The van der Waals surface area contributed by atoms with Crippen molar-refractivity contribution in [2.75, 3.05) is 27.0 Å². The Kier molecular flexibility index (Phi) is 3.98. The second-order valence-electron chi connectivity index (χ2n) is 4.23. The van der Waals surface area contributed by atoms with E-state index in [0.717, 1.165) is 25.3 Å². The standard InChI is InChI=1S/C12H19NO3/c1-10(12-4-3-6-15-12)13(2)8-11-5-7-14-9-16-11/h3-4,6,10-11H,5,7-9H2,1-2H3/t10-,11+/m1/s1. The molecule has 0 spiro atoms. The monoisotopic (exact) mass is 225 g/mol. The van der Waals surface area contributed by atoms with E-state index in [9.17, 15) is 0 Å². The summed E-state index contributed by atoms with van der Waals surface area (Å²) >= 11 is 0. The Labute approximate surface area is 96.1 Å². The van der Waals surface area contributed by atoms with Gasteiger partial charge in [-0.15, -0.1) is 0 Å². The second-order valence-corrected chi connectivity index (χ2v) is 4.23. The highest BCUT2D eigenvalue weighted by molar-refractivity contribution is 5.03. The molecule has 0 saturated carbocycles. The molecule has 0 amide bonds. The SMILES string of the molecule is C[C@H](c1ccco1)N(C)C[C@@H]1CCOCO1. The Morgan fingerprint density at radius 1 is 1.56 bits per heavy atom.